The standard InChI is InChI=1S/C16H13F4NO3S/c1-25-12-6-9(23-16(19,20)15(17)18)4-5-10(12)13(22)11-7-21-24-14(11)8-2-3-8/h4-8,15H,2-3H2,1H3. The van der Waals surface area contributed by atoms with E-state index in [9.17, 15) is 22.4 Å². The smallest absolute Gasteiger partial charge is 0.428 e. The number of hydrogen-bond acceptors (Lipinski definition) is 5. The van der Waals surface area contributed by atoms with Crippen LogP contribution in [0.25, 0.3) is 0 Å². The molecule has 1 saturated carbocycles. The van der Waals surface area contributed by atoms with Crippen molar-refractivity contribution >= 4 is 17.5 Å². The second-order valence-corrected chi connectivity index (χ2v) is 6.38. The first-order valence-corrected chi connectivity index (χ1v) is 8.58. The van der Waals surface area contributed by atoms with E-state index >= 15 is 0 Å². The summed E-state index contributed by atoms with van der Waals surface area (Å²) in [6.07, 6.45) is -3.76. The zero-order valence-electron chi connectivity index (χ0n) is 13.0. The first-order valence-electron chi connectivity index (χ1n) is 7.35. The molecule has 25 heavy (non-hydrogen) atoms. The molecule has 1 aromatic heterocycles. The van der Waals surface area contributed by atoms with Crippen LogP contribution in [-0.2, 0) is 0 Å². The summed E-state index contributed by atoms with van der Waals surface area (Å²) in [7, 11) is 0. The van der Waals surface area contributed by atoms with E-state index in [0.29, 0.717) is 16.2 Å². The molecule has 0 saturated heterocycles. The predicted octanol–water partition coefficient (Wildman–Crippen LogP) is 4.74. The van der Waals surface area contributed by atoms with Crippen molar-refractivity contribution in [1.82, 2.24) is 5.16 Å². The van der Waals surface area contributed by atoms with Crippen LogP contribution < -0.4 is 4.74 Å². The Kier molecular flexibility index (Phi) is 4.77. The Balaban J connectivity index is 1.89. The summed E-state index contributed by atoms with van der Waals surface area (Å²) in [5.41, 5.74) is 0.565. The highest BCUT2D eigenvalue weighted by molar-refractivity contribution is 7.98. The van der Waals surface area contributed by atoms with E-state index < -0.39 is 18.3 Å². The molecule has 9 heteroatoms. The summed E-state index contributed by atoms with van der Waals surface area (Å²) in [5, 5.41) is 3.66. The average molecular weight is 375 g/mol. The van der Waals surface area contributed by atoms with E-state index in [4.69, 9.17) is 4.52 Å². The van der Waals surface area contributed by atoms with Crippen LogP contribution in [0.1, 0.15) is 40.4 Å². The van der Waals surface area contributed by atoms with Crippen LogP contribution in [0.4, 0.5) is 17.6 Å². The number of rotatable bonds is 7. The SMILES string of the molecule is CSc1cc(OC(F)(F)C(F)F)ccc1C(=O)c1cnoc1C1CC1. The highest BCUT2D eigenvalue weighted by atomic mass is 32.2. The Morgan fingerprint density at radius 2 is 2.08 bits per heavy atom. The van der Waals surface area contributed by atoms with Crippen molar-refractivity contribution in [2.24, 2.45) is 0 Å². The lowest BCUT2D eigenvalue weighted by atomic mass is 10.0. The monoisotopic (exact) mass is 375 g/mol. The Bertz CT molecular complexity index is 789. The number of halogens is 4. The number of carbonyl (C=O) groups is 1. The fourth-order valence-corrected chi connectivity index (χ4v) is 2.94. The lowest BCUT2D eigenvalue weighted by Gasteiger charge is -2.17. The number of ether oxygens (including phenoxy) is 1. The van der Waals surface area contributed by atoms with Gasteiger partial charge in [-0.25, -0.2) is 0 Å². The lowest BCUT2D eigenvalue weighted by Crippen LogP contribution is -2.33. The molecular weight excluding hydrogens is 362 g/mol. The molecule has 0 aliphatic heterocycles. The van der Waals surface area contributed by atoms with Crippen molar-refractivity contribution in [2.45, 2.75) is 36.2 Å². The Labute approximate surface area is 144 Å². The average Bonchev–Trinajstić information content (AvgIpc) is 3.30. The van der Waals surface area contributed by atoms with Crippen molar-refractivity contribution in [3.05, 3.63) is 41.3 Å². The quantitative estimate of drug-likeness (QED) is 0.397. The molecular formula is C16H13F4NO3S. The van der Waals surface area contributed by atoms with E-state index in [1.54, 1.807) is 6.26 Å². The van der Waals surface area contributed by atoms with Gasteiger partial charge in [0.05, 0.1) is 11.8 Å². The summed E-state index contributed by atoms with van der Waals surface area (Å²) in [4.78, 5) is 13.1. The molecule has 1 heterocycles. The van der Waals surface area contributed by atoms with E-state index in [1.165, 1.54) is 12.3 Å². The second-order valence-electron chi connectivity index (χ2n) is 5.53. The third kappa shape index (κ3) is 3.65. The van der Waals surface area contributed by atoms with Crippen LogP contribution in [0.5, 0.6) is 5.75 Å². The topological polar surface area (TPSA) is 52.3 Å². The molecule has 3 rings (SSSR count). The first kappa shape index (κ1) is 17.8. The molecule has 1 aromatic carbocycles. The van der Waals surface area contributed by atoms with Gasteiger partial charge in [-0.2, -0.15) is 17.6 Å². The van der Waals surface area contributed by atoms with Gasteiger partial charge in [-0.05, 0) is 37.3 Å². The van der Waals surface area contributed by atoms with Gasteiger partial charge in [-0.3, -0.25) is 4.79 Å². The number of alkyl halides is 4. The molecule has 0 unspecified atom stereocenters. The van der Waals surface area contributed by atoms with E-state index in [2.05, 4.69) is 9.89 Å². The zero-order chi connectivity index (χ0) is 18.2. The summed E-state index contributed by atoms with van der Waals surface area (Å²) in [6, 6.07) is 3.47. The minimum atomic E-state index is -4.60. The molecule has 1 aliphatic rings. The van der Waals surface area contributed by atoms with E-state index in [0.717, 1.165) is 36.7 Å². The number of aromatic nitrogens is 1. The van der Waals surface area contributed by atoms with Crippen LogP contribution in [0, 0.1) is 0 Å². The maximum atomic E-state index is 13.0. The molecule has 0 radical (unpaired) electrons. The maximum Gasteiger partial charge on any atom is 0.461 e. The Morgan fingerprint density at radius 1 is 1.36 bits per heavy atom. The second kappa shape index (κ2) is 6.70. The third-order valence-corrected chi connectivity index (χ3v) is 4.49. The van der Waals surface area contributed by atoms with Gasteiger partial charge in [0.25, 0.3) is 0 Å². The van der Waals surface area contributed by atoms with Crippen molar-refractivity contribution in [3.8, 4) is 5.75 Å². The molecule has 0 bridgehead atoms. The number of hydrogen-bond donors (Lipinski definition) is 0. The largest absolute Gasteiger partial charge is 0.461 e. The van der Waals surface area contributed by atoms with Gasteiger partial charge in [-0.1, -0.05) is 5.16 Å². The molecule has 1 fully saturated rings. The molecule has 0 amide bonds. The minimum Gasteiger partial charge on any atom is -0.428 e. The predicted molar refractivity (Wildman–Crippen MR) is 81.7 cm³/mol. The van der Waals surface area contributed by atoms with Crippen LogP contribution in [0.15, 0.2) is 33.8 Å². The third-order valence-electron chi connectivity index (χ3n) is 3.72. The molecule has 134 valence electrons. The van der Waals surface area contributed by atoms with Gasteiger partial charge in [0.2, 0.25) is 0 Å². The zero-order valence-corrected chi connectivity index (χ0v) is 13.8. The highest BCUT2D eigenvalue weighted by Gasteiger charge is 2.44. The van der Waals surface area contributed by atoms with Gasteiger partial charge >= 0.3 is 12.5 Å². The molecule has 4 nitrogen and oxygen atoms in total. The molecule has 0 spiro atoms. The van der Waals surface area contributed by atoms with Crippen molar-refractivity contribution in [1.29, 1.82) is 0 Å². The minimum absolute atomic E-state index is 0.173. The van der Waals surface area contributed by atoms with Gasteiger partial charge in [0.1, 0.15) is 5.75 Å². The van der Waals surface area contributed by atoms with Crippen LogP contribution in [0.2, 0.25) is 0 Å². The van der Waals surface area contributed by atoms with Crippen molar-refractivity contribution < 1.29 is 31.6 Å². The van der Waals surface area contributed by atoms with Gasteiger partial charge in [0, 0.05) is 16.4 Å². The summed E-state index contributed by atoms with van der Waals surface area (Å²) in [6.45, 7) is 0. The lowest BCUT2D eigenvalue weighted by molar-refractivity contribution is -0.253. The number of nitrogens with zero attached hydrogens (tertiary/aromatic N) is 1. The van der Waals surface area contributed by atoms with E-state index in [1.807, 2.05) is 0 Å². The van der Waals surface area contributed by atoms with Gasteiger partial charge in [0.15, 0.2) is 11.5 Å². The molecule has 1 aliphatic carbocycles. The van der Waals surface area contributed by atoms with Gasteiger partial charge < -0.3 is 9.26 Å². The fourth-order valence-electron chi connectivity index (χ4n) is 2.33. The number of benzene rings is 1. The summed E-state index contributed by atoms with van der Waals surface area (Å²) in [5.74, 6) is -0.119. The number of thioether (sulfide) groups is 1. The normalized spacial score (nSPS) is 14.8. The summed E-state index contributed by atoms with van der Waals surface area (Å²) >= 11 is 1.12. The molecule has 0 N–H and O–H groups in total. The fraction of sp³-hybridized carbons (Fsp3) is 0.375. The van der Waals surface area contributed by atoms with Crippen molar-refractivity contribution in [2.75, 3.05) is 6.26 Å². The van der Waals surface area contributed by atoms with Crippen LogP contribution in [0.3, 0.4) is 0 Å². The number of ketones is 1. The van der Waals surface area contributed by atoms with Crippen LogP contribution >= 0.6 is 11.8 Å². The van der Waals surface area contributed by atoms with Crippen LogP contribution in [-0.4, -0.2) is 29.7 Å². The number of carbonyl (C=O) groups excluding carboxylic acids is 1. The van der Waals surface area contributed by atoms with Gasteiger partial charge in [-0.15, -0.1) is 11.8 Å². The first-order chi connectivity index (χ1) is 11.8. The van der Waals surface area contributed by atoms with Crippen molar-refractivity contribution in [3.63, 3.8) is 0 Å². The maximum absolute atomic E-state index is 13.0. The Hall–Kier alpha value is -2.03. The highest BCUT2D eigenvalue weighted by Crippen LogP contribution is 2.42. The molecule has 0 atom stereocenters. The Morgan fingerprint density at radius 3 is 2.68 bits per heavy atom. The van der Waals surface area contributed by atoms with E-state index in [-0.39, 0.29) is 17.3 Å². The molecule has 2 aromatic rings. The summed E-state index contributed by atoms with van der Waals surface area (Å²) < 4.78 is 59.8.